The van der Waals surface area contributed by atoms with E-state index in [4.69, 9.17) is 0 Å². The smallest absolute Gasteiger partial charge is 0.321 e. The Balaban J connectivity index is 1.57. The van der Waals surface area contributed by atoms with Crippen LogP contribution in [0.1, 0.15) is 20.8 Å². The van der Waals surface area contributed by atoms with Crippen molar-refractivity contribution in [3.63, 3.8) is 0 Å². The van der Waals surface area contributed by atoms with Crippen LogP contribution in [0.15, 0.2) is 71.6 Å². The highest BCUT2D eigenvalue weighted by atomic mass is 32.2. The van der Waals surface area contributed by atoms with Crippen molar-refractivity contribution < 1.29 is 30.8 Å². The summed E-state index contributed by atoms with van der Waals surface area (Å²) < 4.78 is 80.4. The van der Waals surface area contributed by atoms with Gasteiger partial charge in [0, 0.05) is 10.4 Å². The fraction of sp³-hybridized carbons (Fsp3) is 0.0870. The van der Waals surface area contributed by atoms with Gasteiger partial charge in [0.15, 0.2) is 0 Å². The molecule has 0 aliphatic rings. The molecule has 11 heteroatoms. The topological polar surface area (TPSA) is 75.3 Å². The number of benzene rings is 3. The molecule has 1 amide bonds. The summed E-state index contributed by atoms with van der Waals surface area (Å²) in [6, 6.07) is 13.7. The number of hydrogen-bond donors (Lipinski definition) is 2. The predicted molar refractivity (Wildman–Crippen MR) is 123 cm³/mol. The second kappa shape index (κ2) is 8.73. The van der Waals surface area contributed by atoms with Gasteiger partial charge in [0.1, 0.15) is 5.82 Å². The van der Waals surface area contributed by atoms with E-state index in [1.807, 2.05) is 0 Å². The molecule has 34 heavy (non-hydrogen) atoms. The van der Waals surface area contributed by atoms with E-state index in [0.717, 1.165) is 35.6 Å². The number of anilines is 2. The average Bonchev–Trinajstić information content (AvgIpc) is 3.09. The molecule has 0 fully saturated rings. The minimum atomic E-state index is -4.50. The summed E-state index contributed by atoms with van der Waals surface area (Å²) in [6.07, 6.45) is -4.50. The number of nitrogens with one attached hydrogen (secondary N) is 2. The molecule has 5 nitrogen and oxygen atoms in total. The Morgan fingerprint density at radius 3 is 2.35 bits per heavy atom. The van der Waals surface area contributed by atoms with Crippen molar-refractivity contribution in [3.8, 4) is 0 Å². The highest BCUT2D eigenvalue weighted by Gasteiger charge is 2.31. The van der Waals surface area contributed by atoms with Crippen molar-refractivity contribution in [2.75, 3.05) is 10.0 Å². The molecule has 0 aliphatic carbocycles. The summed E-state index contributed by atoms with van der Waals surface area (Å²) in [5.41, 5.74) is -0.0000706. The van der Waals surface area contributed by atoms with Crippen LogP contribution >= 0.6 is 11.3 Å². The molecule has 0 aliphatic heterocycles. The Labute approximate surface area is 196 Å². The summed E-state index contributed by atoms with van der Waals surface area (Å²) in [6.45, 7) is 1.57. The first kappa shape index (κ1) is 23.7. The molecule has 3 aromatic carbocycles. The van der Waals surface area contributed by atoms with Crippen molar-refractivity contribution in [3.05, 3.63) is 88.6 Å². The van der Waals surface area contributed by atoms with E-state index in [0.29, 0.717) is 15.6 Å². The third kappa shape index (κ3) is 4.90. The Morgan fingerprint density at radius 2 is 1.65 bits per heavy atom. The zero-order chi connectivity index (χ0) is 24.7. The number of carbonyl (C=O) groups excluding carboxylic acids is 1. The number of halogens is 4. The van der Waals surface area contributed by atoms with E-state index in [1.54, 1.807) is 6.92 Å². The lowest BCUT2D eigenvalue weighted by molar-refractivity contribution is -0.137. The predicted octanol–water partition coefficient (Wildman–Crippen LogP) is 6.42. The molecular formula is C23H16F4N2O3S2. The van der Waals surface area contributed by atoms with Gasteiger partial charge < -0.3 is 5.32 Å². The van der Waals surface area contributed by atoms with Crippen LogP contribution in [0.2, 0.25) is 0 Å². The summed E-state index contributed by atoms with van der Waals surface area (Å²) in [5, 5.41) is 2.97. The molecule has 0 radical (unpaired) electrons. The number of amides is 1. The number of thiophene rings is 1. The molecule has 1 aromatic heterocycles. The lowest BCUT2D eigenvalue weighted by Crippen LogP contribution is -2.14. The molecule has 2 N–H and O–H groups in total. The third-order valence-electron chi connectivity index (χ3n) is 4.95. The van der Waals surface area contributed by atoms with Crippen LogP contribution < -0.4 is 10.0 Å². The zero-order valence-corrected chi connectivity index (χ0v) is 19.0. The molecule has 176 valence electrons. The molecule has 0 saturated heterocycles. The van der Waals surface area contributed by atoms with Crippen LogP contribution in [0.5, 0.6) is 0 Å². The van der Waals surface area contributed by atoms with Crippen LogP contribution in [0, 0.1) is 12.7 Å². The van der Waals surface area contributed by atoms with E-state index < -0.39 is 33.5 Å². The second-order valence-corrected chi connectivity index (χ2v) is 10.1. The monoisotopic (exact) mass is 508 g/mol. The van der Waals surface area contributed by atoms with Gasteiger partial charge in [-0.25, -0.2) is 12.8 Å². The van der Waals surface area contributed by atoms with E-state index in [1.165, 1.54) is 42.5 Å². The summed E-state index contributed by atoms with van der Waals surface area (Å²) in [4.78, 5) is 12.8. The second-order valence-electron chi connectivity index (χ2n) is 7.36. The van der Waals surface area contributed by atoms with Crippen molar-refractivity contribution in [2.45, 2.75) is 18.0 Å². The standard InChI is InChI=1S/C23H16F4N2O3S2/c1-13-19-10-14(23(25,26)27)8-9-20(19)33-21(13)22(30)28-16-5-3-6-17(12-16)29-34(31,32)18-7-2-4-15(24)11-18/h2-12,29H,1H3,(H,28,30). The first-order chi connectivity index (χ1) is 15.9. The number of aryl methyl sites for hydroxylation is 1. The SMILES string of the molecule is Cc1c(C(=O)Nc2cccc(NS(=O)(=O)c3cccc(F)c3)c2)sc2ccc(C(F)(F)F)cc12. The minimum Gasteiger partial charge on any atom is -0.321 e. The molecule has 1 heterocycles. The van der Waals surface area contributed by atoms with Gasteiger partial charge in [-0.3, -0.25) is 9.52 Å². The fourth-order valence-corrected chi connectivity index (χ4v) is 5.48. The van der Waals surface area contributed by atoms with Gasteiger partial charge in [0.2, 0.25) is 0 Å². The van der Waals surface area contributed by atoms with E-state index >= 15 is 0 Å². The highest BCUT2D eigenvalue weighted by molar-refractivity contribution is 7.92. The normalized spacial score (nSPS) is 12.0. The Kier molecular flexibility index (Phi) is 6.09. The summed E-state index contributed by atoms with van der Waals surface area (Å²) in [5.74, 6) is -1.25. The maximum atomic E-state index is 13.4. The molecular weight excluding hydrogens is 492 g/mol. The van der Waals surface area contributed by atoms with Crippen molar-refractivity contribution in [2.24, 2.45) is 0 Å². The molecule has 0 atom stereocenters. The molecule has 4 aromatic rings. The molecule has 0 saturated carbocycles. The Hall–Kier alpha value is -3.44. The quantitative estimate of drug-likeness (QED) is 0.306. The fourth-order valence-electron chi connectivity index (χ4n) is 3.31. The minimum absolute atomic E-state index is 0.130. The average molecular weight is 509 g/mol. The number of carbonyl (C=O) groups is 1. The highest BCUT2D eigenvalue weighted by Crippen LogP contribution is 2.37. The first-order valence-corrected chi connectivity index (χ1v) is 12.0. The summed E-state index contributed by atoms with van der Waals surface area (Å²) in [7, 11) is -4.07. The largest absolute Gasteiger partial charge is 0.416 e. The van der Waals surface area contributed by atoms with Gasteiger partial charge in [-0.1, -0.05) is 12.1 Å². The van der Waals surface area contributed by atoms with Crippen LogP contribution in [-0.4, -0.2) is 14.3 Å². The maximum absolute atomic E-state index is 13.4. The van der Waals surface area contributed by atoms with Crippen molar-refractivity contribution >= 4 is 48.7 Å². The molecule has 0 unspecified atom stereocenters. The number of sulfonamides is 1. The van der Waals surface area contributed by atoms with E-state index in [-0.39, 0.29) is 21.1 Å². The Morgan fingerprint density at radius 1 is 0.941 bits per heavy atom. The van der Waals surface area contributed by atoms with Crippen LogP contribution in [-0.2, 0) is 16.2 Å². The number of fused-ring (bicyclic) bond motifs is 1. The molecule has 4 rings (SSSR count). The lowest BCUT2D eigenvalue weighted by atomic mass is 10.1. The molecule has 0 bridgehead atoms. The number of rotatable bonds is 5. The molecule has 0 spiro atoms. The van der Waals surface area contributed by atoms with Gasteiger partial charge in [-0.2, -0.15) is 13.2 Å². The first-order valence-electron chi connectivity index (χ1n) is 9.74. The van der Waals surface area contributed by atoms with Crippen molar-refractivity contribution in [1.29, 1.82) is 0 Å². The van der Waals surface area contributed by atoms with Crippen LogP contribution in [0.4, 0.5) is 28.9 Å². The van der Waals surface area contributed by atoms with Gasteiger partial charge in [0.25, 0.3) is 15.9 Å². The maximum Gasteiger partial charge on any atom is 0.416 e. The number of hydrogen-bond acceptors (Lipinski definition) is 4. The van der Waals surface area contributed by atoms with Gasteiger partial charge >= 0.3 is 6.18 Å². The van der Waals surface area contributed by atoms with E-state index in [9.17, 15) is 30.8 Å². The van der Waals surface area contributed by atoms with Gasteiger partial charge in [0.05, 0.1) is 21.0 Å². The Bertz CT molecular complexity index is 1510. The van der Waals surface area contributed by atoms with Crippen LogP contribution in [0.25, 0.3) is 10.1 Å². The zero-order valence-electron chi connectivity index (χ0n) is 17.4. The van der Waals surface area contributed by atoms with Crippen molar-refractivity contribution in [1.82, 2.24) is 0 Å². The van der Waals surface area contributed by atoms with E-state index in [2.05, 4.69) is 10.0 Å². The number of alkyl halides is 3. The third-order valence-corrected chi connectivity index (χ3v) is 7.60. The van der Waals surface area contributed by atoms with Gasteiger partial charge in [-0.15, -0.1) is 11.3 Å². The summed E-state index contributed by atoms with van der Waals surface area (Å²) >= 11 is 1.06. The van der Waals surface area contributed by atoms with Crippen LogP contribution in [0.3, 0.4) is 0 Å². The van der Waals surface area contributed by atoms with Gasteiger partial charge in [-0.05, 0) is 72.5 Å². The lowest BCUT2D eigenvalue weighted by Gasteiger charge is -2.10.